The number of carbonyl (C=O) groups is 2. The van der Waals surface area contributed by atoms with Crippen LogP contribution in [-0.2, 0) is 27.9 Å². The molecule has 63 heavy (non-hydrogen) atoms. The molecular formula is C53H96NO8P. The van der Waals surface area contributed by atoms with Gasteiger partial charge in [-0.2, -0.15) is 0 Å². The fraction of sp³-hybridized carbons (Fsp3) is 0.774. The van der Waals surface area contributed by atoms with Gasteiger partial charge in [-0.25, -0.2) is 4.57 Å². The number of aliphatic hydroxyl groups is 1. The molecule has 0 fully saturated rings. The highest BCUT2D eigenvalue weighted by Crippen LogP contribution is 2.42. The number of rotatable bonds is 48. The van der Waals surface area contributed by atoms with Crippen LogP contribution >= 0.6 is 7.82 Å². The summed E-state index contributed by atoms with van der Waals surface area (Å²) in [4.78, 5) is 34.1. The Kier molecular flexibility index (Phi) is 47.4. The van der Waals surface area contributed by atoms with Gasteiger partial charge >= 0.3 is 13.8 Å². The van der Waals surface area contributed by atoms with Crippen molar-refractivity contribution in [3.05, 3.63) is 60.8 Å². The van der Waals surface area contributed by atoms with Gasteiger partial charge in [0.05, 0.1) is 13.2 Å². The zero-order valence-corrected chi connectivity index (χ0v) is 41.4. The predicted molar refractivity (Wildman–Crippen MR) is 266 cm³/mol. The number of hydrogen-bond donors (Lipinski definition) is 3. The molecule has 10 heteroatoms. The van der Waals surface area contributed by atoms with Crippen molar-refractivity contribution >= 4 is 19.7 Å². The van der Waals surface area contributed by atoms with Crippen LogP contribution in [0.1, 0.15) is 232 Å². The number of esters is 1. The molecule has 0 aliphatic carbocycles. The maximum Gasteiger partial charge on any atom is 0.472 e. The Morgan fingerprint density at radius 1 is 0.508 bits per heavy atom. The van der Waals surface area contributed by atoms with E-state index < -0.39 is 26.5 Å². The molecule has 0 bridgehead atoms. The van der Waals surface area contributed by atoms with E-state index in [4.69, 9.17) is 13.8 Å². The lowest BCUT2D eigenvalue weighted by molar-refractivity contribution is -0.147. The first-order valence-corrected chi connectivity index (χ1v) is 27.3. The van der Waals surface area contributed by atoms with Crippen LogP contribution in [0.2, 0.25) is 0 Å². The number of unbranched alkanes of at least 4 members (excludes halogenated alkanes) is 25. The summed E-state index contributed by atoms with van der Waals surface area (Å²) in [5.74, 6) is -0.522. The Balaban J connectivity index is 3.58. The van der Waals surface area contributed by atoms with E-state index in [1.165, 1.54) is 122 Å². The van der Waals surface area contributed by atoms with Gasteiger partial charge < -0.3 is 20.1 Å². The summed E-state index contributed by atoms with van der Waals surface area (Å²) in [7, 11) is -4.43. The van der Waals surface area contributed by atoms with E-state index >= 15 is 0 Å². The van der Waals surface area contributed by atoms with Gasteiger partial charge in [0.25, 0.3) is 0 Å². The number of phosphoric acid groups is 1. The van der Waals surface area contributed by atoms with Gasteiger partial charge in [-0.15, -0.1) is 0 Å². The molecular weight excluding hydrogens is 810 g/mol. The number of phosphoric ester groups is 1. The van der Waals surface area contributed by atoms with Gasteiger partial charge in [-0.05, 0) is 57.8 Å². The number of allylic oxidation sites excluding steroid dienone is 10. The molecule has 1 amide bonds. The first kappa shape index (κ1) is 60.7. The molecule has 0 aliphatic rings. The predicted octanol–water partition coefficient (Wildman–Crippen LogP) is 15.2. The Morgan fingerprint density at radius 2 is 0.905 bits per heavy atom. The summed E-state index contributed by atoms with van der Waals surface area (Å²) in [6.45, 7) is 3.46. The second-order valence-electron chi connectivity index (χ2n) is 17.1. The maximum atomic E-state index is 12.2. The Morgan fingerprint density at radius 3 is 1.37 bits per heavy atom. The van der Waals surface area contributed by atoms with Crippen LogP contribution in [0, 0.1) is 0 Å². The average Bonchev–Trinajstić information content (AvgIpc) is 3.27. The van der Waals surface area contributed by atoms with Crippen molar-refractivity contribution in [2.24, 2.45) is 0 Å². The average molecular weight is 906 g/mol. The normalized spacial score (nSPS) is 13.7. The van der Waals surface area contributed by atoms with E-state index in [1.54, 1.807) is 0 Å². The monoisotopic (exact) mass is 906 g/mol. The van der Waals surface area contributed by atoms with Crippen molar-refractivity contribution < 1.29 is 37.9 Å². The van der Waals surface area contributed by atoms with Crippen molar-refractivity contribution in [1.29, 1.82) is 0 Å². The van der Waals surface area contributed by atoms with Crippen LogP contribution in [-0.4, -0.2) is 54.3 Å². The van der Waals surface area contributed by atoms with E-state index in [2.05, 4.69) is 79.9 Å². The molecule has 0 radical (unpaired) electrons. The van der Waals surface area contributed by atoms with Crippen molar-refractivity contribution in [2.75, 3.05) is 26.4 Å². The SMILES string of the molecule is CC/C=C\C/C=C\C/C=C\C/C=C\C/C=C\CCCCCCCCCC(=O)OCC(O)COP(=O)(O)OCCNC(=O)CCCCCCCCCCCCCCCCCCCCC. The number of ether oxygens (including phenoxy) is 1. The van der Waals surface area contributed by atoms with E-state index in [0.717, 1.165) is 83.5 Å². The van der Waals surface area contributed by atoms with Crippen molar-refractivity contribution in [2.45, 2.75) is 238 Å². The fourth-order valence-electron chi connectivity index (χ4n) is 7.11. The third kappa shape index (κ3) is 50.6. The summed E-state index contributed by atoms with van der Waals surface area (Å²) in [6, 6.07) is 0. The van der Waals surface area contributed by atoms with E-state index in [9.17, 15) is 24.2 Å². The smallest absolute Gasteiger partial charge is 0.463 e. The number of amides is 1. The van der Waals surface area contributed by atoms with E-state index in [-0.39, 0.29) is 32.1 Å². The molecule has 3 N–H and O–H groups in total. The van der Waals surface area contributed by atoms with Crippen molar-refractivity contribution in [3.63, 3.8) is 0 Å². The summed E-state index contributed by atoms with van der Waals surface area (Å²) in [6.07, 6.45) is 60.1. The molecule has 2 unspecified atom stereocenters. The zero-order chi connectivity index (χ0) is 46.0. The number of aliphatic hydroxyl groups excluding tert-OH is 1. The van der Waals surface area contributed by atoms with Crippen molar-refractivity contribution in [3.8, 4) is 0 Å². The zero-order valence-electron chi connectivity index (χ0n) is 40.5. The Bertz CT molecular complexity index is 1220. The Labute approximate surface area is 387 Å². The molecule has 0 saturated carbocycles. The third-order valence-electron chi connectivity index (χ3n) is 11.0. The minimum Gasteiger partial charge on any atom is -0.463 e. The molecule has 0 aromatic rings. The van der Waals surface area contributed by atoms with Crippen LogP contribution in [0.25, 0.3) is 0 Å². The topological polar surface area (TPSA) is 131 Å². The van der Waals surface area contributed by atoms with Crippen LogP contribution in [0.5, 0.6) is 0 Å². The van der Waals surface area contributed by atoms with Crippen molar-refractivity contribution in [1.82, 2.24) is 5.32 Å². The largest absolute Gasteiger partial charge is 0.472 e. The van der Waals surface area contributed by atoms with Crippen LogP contribution < -0.4 is 5.32 Å². The second-order valence-corrected chi connectivity index (χ2v) is 18.6. The molecule has 0 rings (SSSR count). The molecule has 0 saturated heterocycles. The number of nitrogens with one attached hydrogen (secondary N) is 1. The molecule has 0 aliphatic heterocycles. The highest BCUT2D eigenvalue weighted by Gasteiger charge is 2.23. The van der Waals surface area contributed by atoms with Crippen LogP contribution in [0.15, 0.2) is 60.8 Å². The molecule has 0 aromatic carbocycles. The summed E-state index contributed by atoms with van der Waals surface area (Å²) >= 11 is 0. The van der Waals surface area contributed by atoms with Gasteiger partial charge in [-0.3, -0.25) is 18.6 Å². The number of carbonyl (C=O) groups excluding carboxylic acids is 2. The fourth-order valence-corrected chi connectivity index (χ4v) is 7.87. The quantitative estimate of drug-likeness (QED) is 0.0238. The first-order chi connectivity index (χ1) is 30.8. The molecule has 0 spiro atoms. The number of hydrogen-bond acceptors (Lipinski definition) is 7. The van der Waals surface area contributed by atoms with E-state index in [1.807, 2.05) is 0 Å². The van der Waals surface area contributed by atoms with Crippen LogP contribution in [0.3, 0.4) is 0 Å². The molecule has 2 atom stereocenters. The van der Waals surface area contributed by atoms with Gasteiger partial charge in [0.1, 0.15) is 12.7 Å². The lowest BCUT2D eigenvalue weighted by Crippen LogP contribution is -2.27. The van der Waals surface area contributed by atoms with Gasteiger partial charge in [-0.1, -0.05) is 222 Å². The summed E-state index contributed by atoms with van der Waals surface area (Å²) < 4.78 is 27.0. The van der Waals surface area contributed by atoms with E-state index in [0.29, 0.717) is 6.42 Å². The van der Waals surface area contributed by atoms with Gasteiger partial charge in [0, 0.05) is 19.4 Å². The molecule has 0 heterocycles. The Hall–Kier alpha value is -2.29. The van der Waals surface area contributed by atoms with Gasteiger partial charge in [0.15, 0.2) is 0 Å². The standard InChI is InChI=1S/C53H96NO8P/c1-3-5-7-9-11-13-15-17-19-21-23-24-25-26-28-30-32-34-36-38-40-42-44-46-53(57)60-49-51(55)50-62-63(58,59)61-48-47-54-52(56)45-43-41-39-37-35-33-31-29-27-22-20-18-16-14-12-10-8-6-4-2/h5,7,11,13,17,19,23-24,26,28,51,55H,3-4,6,8-10,12,14-16,18,20-22,25,27,29-50H2,1-2H3,(H,54,56)(H,58,59)/b7-5-,13-11-,19-17-,24-23-,28-26-. The minimum atomic E-state index is -4.43. The highest BCUT2D eigenvalue weighted by molar-refractivity contribution is 7.47. The molecule has 0 aromatic heterocycles. The summed E-state index contributed by atoms with van der Waals surface area (Å²) in [5.41, 5.74) is 0. The van der Waals surface area contributed by atoms with Crippen LogP contribution in [0.4, 0.5) is 0 Å². The third-order valence-corrected chi connectivity index (χ3v) is 11.9. The lowest BCUT2D eigenvalue weighted by Gasteiger charge is -2.15. The lowest BCUT2D eigenvalue weighted by atomic mass is 10.0. The highest BCUT2D eigenvalue weighted by atomic mass is 31.2. The summed E-state index contributed by atoms with van der Waals surface area (Å²) in [5, 5.41) is 12.8. The molecule has 366 valence electrons. The molecule has 9 nitrogen and oxygen atoms in total. The maximum absolute atomic E-state index is 12.2. The first-order valence-electron chi connectivity index (χ1n) is 25.8. The van der Waals surface area contributed by atoms with Gasteiger partial charge in [0.2, 0.25) is 5.91 Å². The second kappa shape index (κ2) is 49.2. The minimum absolute atomic E-state index is 0.0812.